The van der Waals surface area contributed by atoms with E-state index in [9.17, 15) is 9.59 Å². The van der Waals surface area contributed by atoms with Gasteiger partial charge in [0.15, 0.2) is 5.11 Å². The van der Waals surface area contributed by atoms with E-state index < -0.39 is 0 Å². The fourth-order valence-corrected chi connectivity index (χ4v) is 2.84. The van der Waals surface area contributed by atoms with Gasteiger partial charge in [0, 0.05) is 24.3 Å². The number of amides is 2. The molecule has 0 aliphatic carbocycles. The van der Waals surface area contributed by atoms with Crippen molar-refractivity contribution < 1.29 is 19.1 Å². The van der Waals surface area contributed by atoms with Gasteiger partial charge in [-0.15, -0.1) is 0 Å². The first kappa shape index (κ1) is 23.9. The molecule has 0 unspecified atom stereocenters. The topological polar surface area (TPSA) is 88.7 Å². The zero-order valence-corrected chi connectivity index (χ0v) is 18.7. The molecule has 0 saturated carbocycles. The number of rotatable bonds is 9. The number of ether oxygens (including phenoxy) is 2. The minimum atomic E-state index is -0.361. The van der Waals surface area contributed by atoms with E-state index >= 15 is 0 Å². The predicted molar refractivity (Wildman–Crippen MR) is 128 cm³/mol. The maximum atomic E-state index is 12.1. The summed E-state index contributed by atoms with van der Waals surface area (Å²) in [6, 6.07) is 12.5. The third-order valence-electron chi connectivity index (χ3n) is 4.27. The summed E-state index contributed by atoms with van der Waals surface area (Å²) in [6.45, 7) is 2.03. The molecule has 8 heteroatoms. The van der Waals surface area contributed by atoms with Crippen LogP contribution in [0.5, 0.6) is 11.5 Å². The zero-order valence-electron chi connectivity index (χ0n) is 17.9. The van der Waals surface area contributed by atoms with Crippen LogP contribution in [-0.2, 0) is 9.59 Å². The Labute approximate surface area is 187 Å². The van der Waals surface area contributed by atoms with E-state index in [2.05, 4.69) is 16.0 Å². The molecular formula is C23H27N3O4S. The molecule has 0 saturated heterocycles. The number of hydrogen-bond acceptors (Lipinski definition) is 5. The van der Waals surface area contributed by atoms with Crippen LogP contribution in [0.4, 0.5) is 11.4 Å². The van der Waals surface area contributed by atoms with Crippen molar-refractivity contribution in [3.63, 3.8) is 0 Å². The Hall–Kier alpha value is -3.39. The normalized spacial score (nSPS) is 10.4. The van der Waals surface area contributed by atoms with Crippen molar-refractivity contribution in [3.05, 3.63) is 54.1 Å². The summed E-state index contributed by atoms with van der Waals surface area (Å²) >= 11 is 5.20. The number of unbranched alkanes of at least 4 members (excludes halogenated alkanes) is 1. The highest BCUT2D eigenvalue weighted by Gasteiger charge is 2.09. The van der Waals surface area contributed by atoms with Crippen LogP contribution >= 0.6 is 12.2 Å². The molecule has 2 amide bonds. The van der Waals surface area contributed by atoms with Gasteiger partial charge in [0.25, 0.3) is 0 Å². The molecule has 2 aromatic rings. The molecule has 0 aliphatic heterocycles. The first-order chi connectivity index (χ1) is 14.9. The summed E-state index contributed by atoms with van der Waals surface area (Å²) in [5.74, 6) is 0.810. The number of benzene rings is 2. The molecule has 0 aromatic heterocycles. The fourth-order valence-electron chi connectivity index (χ4n) is 2.63. The van der Waals surface area contributed by atoms with Gasteiger partial charge in [0.05, 0.1) is 19.9 Å². The van der Waals surface area contributed by atoms with Gasteiger partial charge >= 0.3 is 0 Å². The van der Waals surface area contributed by atoms with Crippen molar-refractivity contribution >= 4 is 46.6 Å². The van der Waals surface area contributed by atoms with E-state index in [0.29, 0.717) is 23.5 Å². The summed E-state index contributed by atoms with van der Waals surface area (Å²) in [5, 5.41) is 8.50. The Kier molecular flexibility index (Phi) is 9.51. The number of carbonyl (C=O) groups is 2. The van der Waals surface area contributed by atoms with Crippen LogP contribution in [0.25, 0.3) is 6.08 Å². The Morgan fingerprint density at radius 2 is 1.77 bits per heavy atom. The molecular weight excluding hydrogens is 414 g/mol. The molecule has 0 atom stereocenters. The maximum absolute atomic E-state index is 12.1. The van der Waals surface area contributed by atoms with Gasteiger partial charge in [0.2, 0.25) is 11.8 Å². The Morgan fingerprint density at radius 1 is 1.03 bits per heavy atom. The first-order valence-electron chi connectivity index (χ1n) is 9.87. The monoisotopic (exact) mass is 441 g/mol. The number of nitrogens with one attached hydrogen (secondary N) is 3. The van der Waals surface area contributed by atoms with Crippen LogP contribution in [0.3, 0.4) is 0 Å². The minimum Gasteiger partial charge on any atom is -0.497 e. The number of thiocarbonyl (C=S) groups is 1. The highest BCUT2D eigenvalue weighted by atomic mass is 32.1. The lowest BCUT2D eigenvalue weighted by Gasteiger charge is -2.13. The van der Waals surface area contributed by atoms with E-state index in [-0.39, 0.29) is 16.9 Å². The molecule has 0 spiro atoms. The molecule has 7 nitrogen and oxygen atoms in total. The third-order valence-corrected chi connectivity index (χ3v) is 4.47. The van der Waals surface area contributed by atoms with E-state index in [4.69, 9.17) is 21.7 Å². The Morgan fingerprint density at radius 3 is 2.42 bits per heavy atom. The number of hydrogen-bond donors (Lipinski definition) is 3. The fraction of sp³-hybridized carbons (Fsp3) is 0.261. The third kappa shape index (κ3) is 8.10. The van der Waals surface area contributed by atoms with Crippen LogP contribution in [0.15, 0.2) is 48.5 Å². The molecule has 2 aromatic carbocycles. The number of carbonyl (C=O) groups excluding carboxylic acids is 2. The second kappa shape index (κ2) is 12.3. The number of anilines is 2. The lowest BCUT2D eigenvalue weighted by Crippen LogP contribution is -2.32. The molecule has 31 heavy (non-hydrogen) atoms. The maximum Gasteiger partial charge on any atom is 0.250 e. The van der Waals surface area contributed by atoms with Gasteiger partial charge in [-0.25, -0.2) is 0 Å². The average Bonchev–Trinajstić information content (AvgIpc) is 2.77. The van der Waals surface area contributed by atoms with Gasteiger partial charge in [-0.2, -0.15) is 0 Å². The van der Waals surface area contributed by atoms with Gasteiger partial charge in [-0.1, -0.05) is 25.5 Å². The summed E-state index contributed by atoms with van der Waals surface area (Å²) in [5.41, 5.74) is 2.05. The van der Waals surface area contributed by atoms with Crippen LogP contribution in [-0.4, -0.2) is 31.1 Å². The SMILES string of the molecule is CCCCC(=O)Nc1ccc(NC(=S)NC(=O)/C=C/c2ccc(OC)cc2)cc1OC. The number of methoxy groups -OCH3 is 2. The zero-order chi connectivity index (χ0) is 22.6. The molecule has 2 rings (SSSR count). The van der Waals surface area contributed by atoms with E-state index in [1.165, 1.54) is 13.2 Å². The van der Waals surface area contributed by atoms with Crippen molar-refractivity contribution in [1.29, 1.82) is 0 Å². The summed E-state index contributed by atoms with van der Waals surface area (Å²) in [7, 11) is 3.11. The van der Waals surface area contributed by atoms with Gasteiger partial charge in [0.1, 0.15) is 11.5 Å². The van der Waals surface area contributed by atoms with E-state index in [0.717, 1.165) is 24.2 Å². The molecule has 0 bridgehead atoms. The van der Waals surface area contributed by atoms with Gasteiger partial charge in [-0.3, -0.25) is 14.9 Å². The summed E-state index contributed by atoms with van der Waals surface area (Å²) < 4.78 is 10.5. The van der Waals surface area contributed by atoms with E-state index in [1.807, 2.05) is 31.2 Å². The standard InChI is InChI=1S/C23H27N3O4S/c1-4-5-6-21(27)25-19-13-10-17(15-20(19)30-3)24-23(31)26-22(28)14-9-16-7-11-18(29-2)12-8-16/h7-15H,4-6H2,1-3H3,(H,25,27)(H2,24,26,28,31)/b14-9+. The molecule has 0 heterocycles. The van der Waals surface area contributed by atoms with Crippen LogP contribution < -0.4 is 25.4 Å². The first-order valence-corrected chi connectivity index (χ1v) is 10.3. The molecule has 0 radical (unpaired) electrons. The quantitative estimate of drug-likeness (QED) is 0.396. The smallest absolute Gasteiger partial charge is 0.250 e. The van der Waals surface area contributed by atoms with Gasteiger partial charge < -0.3 is 20.1 Å². The second-order valence-electron chi connectivity index (χ2n) is 6.62. The highest BCUT2D eigenvalue weighted by molar-refractivity contribution is 7.80. The Balaban J connectivity index is 1.92. The van der Waals surface area contributed by atoms with Crippen molar-refractivity contribution in [2.24, 2.45) is 0 Å². The Bertz CT molecular complexity index is 942. The summed E-state index contributed by atoms with van der Waals surface area (Å²) in [4.78, 5) is 24.1. The lowest BCUT2D eigenvalue weighted by atomic mass is 10.2. The average molecular weight is 442 g/mol. The predicted octanol–water partition coefficient (Wildman–Crippen LogP) is 4.36. The molecule has 0 aliphatic rings. The van der Waals surface area contributed by atoms with Gasteiger partial charge in [-0.05, 0) is 54.5 Å². The van der Waals surface area contributed by atoms with E-state index in [1.54, 1.807) is 31.4 Å². The van der Waals surface area contributed by atoms with Crippen LogP contribution in [0, 0.1) is 0 Å². The summed E-state index contributed by atoms with van der Waals surface area (Å²) in [6.07, 6.45) is 5.31. The highest BCUT2D eigenvalue weighted by Crippen LogP contribution is 2.28. The van der Waals surface area contributed by atoms with Crippen molar-refractivity contribution in [1.82, 2.24) is 5.32 Å². The van der Waals surface area contributed by atoms with Crippen molar-refractivity contribution in [2.45, 2.75) is 26.2 Å². The second-order valence-corrected chi connectivity index (χ2v) is 7.02. The van der Waals surface area contributed by atoms with Crippen LogP contribution in [0.1, 0.15) is 31.7 Å². The largest absolute Gasteiger partial charge is 0.497 e. The lowest BCUT2D eigenvalue weighted by molar-refractivity contribution is -0.116. The molecule has 0 fully saturated rings. The van der Waals surface area contributed by atoms with Crippen LogP contribution in [0.2, 0.25) is 0 Å². The van der Waals surface area contributed by atoms with Crippen molar-refractivity contribution in [2.75, 3.05) is 24.9 Å². The molecule has 3 N–H and O–H groups in total. The molecule has 164 valence electrons. The van der Waals surface area contributed by atoms with Crippen molar-refractivity contribution in [3.8, 4) is 11.5 Å². The minimum absolute atomic E-state index is 0.0627.